The van der Waals surface area contributed by atoms with E-state index in [1.54, 1.807) is 15.8 Å². The summed E-state index contributed by atoms with van der Waals surface area (Å²) in [5.41, 5.74) is 0.820. The number of aryl methyl sites for hydroxylation is 1. The van der Waals surface area contributed by atoms with Gasteiger partial charge in [0, 0.05) is 52.4 Å². The van der Waals surface area contributed by atoms with E-state index in [1.807, 2.05) is 30.0 Å². The Morgan fingerprint density at radius 3 is 2.73 bits per heavy atom. The Balaban J connectivity index is 0.00000320. The third-order valence-electron chi connectivity index (χ3n) is 5.46. The molecule has 1 aromatic rings. The molecule has 0 saturated carbocycles. The number of carbonyl (C=O) groups is 2. The summed E-state index contributed by atoms with van der Waals surface area (Å²) in [5, 5.41) is 7.40. The largest absolute Gasteiger partial charge is 0.357 e. The standard InChI is InChI=1S/C20H33N7O2.HI/c1-4-21-20(22-8-7-18(28)25-9-5-6-16(2)13-25)26-10-11-27(19(29)15-26)17-12-23-24(3)14-17;/h12,14,16H,4-11,13,15H2,1-3H3,(H,21,22);1H. The third-order valence-corrected chi connectivity index (χ3v) is 5.46. The first-order valence-corrected chi connectivity index (χ1v) is 10.6. The Morgan fingerprint density at radius 2 is 2.10 bits per heavy atom. The van der Waals surface area contributed by atoms with Crippen LogP contribution in [-0.4, -0.2) is 83.2 Å². The first-order valence-electron chi connectivity index (χ1n) is 10.6. The van der Waals surface area contributed by atoms with Gasteiger partial charge in [-0.05, 0) is 25.7 Å². The second-order valence-corrected chi connectivity index (χ2v) is 7.91. The highest BCUT2D eigenvalue weighted by Gasteiger charge is 2.28. The van der Waals surface area contributed by atoms with Gasteiger partial charge in [-0.1, -0.05) is 6.92 Å². The van der Waals surface area contributed by atoms with E-state index in [0.717, 1.165) is 25.2 Å². The van der Waals surface area contributed by atoms with Crippen LogP contribution in [0.4, 0.5) is 5.69 Å². The molecule has 0 aromatic carbocycles. The van der Waals surface area contributed by atoms with Gasteiger partial charge in [0.1, 0.15) is 6.54 Å². The van der Waals surface area contributed by atoms with Crippen molar-refractivity contribution >= 4 is 47.4 Å². The molecule has 2 aliphatic heterocycles. The second-order valence-electron chi connectivity index (χ2n) is 7.91. The number of hydrogen-bond donors (Lipinski definition) is 1. The van der Waals surface area contributed by atoms with Gasteiger partial charge in [-0.2, -0.15) is 5.10 Å². The van der Waals surface area contributed by atoms with E-state index >= 15 is 0 Å². The number of anilines is 1. The fraction of sp³-hybridized carbons (Fsp3) is 0.700. The summed E-state index contributed by atoms with van der Waals surface area (Å²) in [4.78, 5) is 35.4. The fourth-order valence-electron chi connectivity index (χ4n) is 3.93. The maximum atomic E-state index is 12.6. The van der Waals surface area contributed by atoms with Gasteiger partial charge >= 0.3 is 0 Å². The lowest BCUT2D eigenvalue weighted by molar-refractivity contribution is -0.132. The quantitative estimate of drug-likeness (QED) is 0.352. The maximum absolute atomic E-state index is 12.6. The highest BCUT2D eigenvalue weighted by atomic mass is 127. The second kappa shape index (κ2) is 11.5. The SMILES string of the molecule is CCNC(=NCCC(=O)N1CCCC(C)C1)N1CCN(c2cnn(C)c2)C(=O)C1.I. The van der Waals surface area contributed by atoms with Crippen LogP contribution in [0.1, 0.15) is 33.1 Å². The molecule has 3 heterocycles. The molecule has 9 nitrogen and oxygen atoms in total. The molecule has 0 spiro atoms. The summed E-state index contributed by atoms with van der Waals surface area (Å²) < 4.78 is 1.70. The molecule has 0 bridgehead atoms. The van der Waals surface area contributed by atoms with Crippen molar-refractivity contribution in [1.29, 1.82) is 0 Å². The van der Waals surface area contributed by atoms with Crippen molar-refractivity contribution in [2.24, 2.45) is 18.0 Å². The Bertz CT molecular complexity index is 751. The first-order chi connectivity index (χ1) is 14.0. The smallest absolute Gasteiger partial charge is 0.246 e. The Morgan fingerprint density at radius 1 is 1.30 bits per heavy atom. The molecular weight excluding hydrogens is 497 g/mol. The van der Waals surface area contributed by atoms with Gasteiger partial charge < -0.3 is 20.0 Å². The molecule has 10 heteroatoms. The minimum atomic E-state index is 0. The first kappa shape index (κ1) is 24.4. The number of rotatable bonds is 5. The number of halogens is 1. The summed E-state index contributed by atoms with van der Waals surface area (Å²) in [5.74, 6) is 1.48. The summed E-state index contributed by atoms with van der Waals surface area (Å²) in [6.45, 7) is 8.59. The predicted molar refractivity (Wildman–Crippen MR) is 128 cm³/mol. The van der Waals surface area contributed by atoms with Gasteiger partial charge in [-0.15, -0.1) is 24.0 Å². The van der Waals surface area contributed by atoms with Crippen LogP contribution in [-0.2, 0) is 16.6 Å². The van der Waals surface area contributed by atoms with Gasteiger partial charge in [-0.3, -0.25) is 19.3 Å². The summed E-state index contributed by atoms with van der Waals surface area (Å²) in [7, 11) is 1.84. The number of carbonyl (C=O) groups excluding carboxylic acids is 2. The van der Waals surface area contributed by atoms with Gasteiger partial charge in [-0.25, -0.2) is 0 Å². The lowest BCUT2D eigenvalue weighted by Crippen LogP contribution is -2.55. The average molecular weight is 531 g/mol. The topological polar surface area (TPSA) is 86.1 Å². The Kier molecular flexibility index (Phi) is 9.37. The van der Waals surface area contributed by atoms with E-state index in [9.17, 15) is 9.59 Å². The zero-order chi connectivity index (χ0) is 20.8. The van der Waals surface area contributed by atoms with E-state index in [0.29, 0.717) is 44.5 Å². The van der Waals surface area contributed by atoms with E-state index in [4.69, 9.17) is 0 Å². The van der Waals surface area contributed by atoms with Crippen molar-refractivity contribution in [3.8, 4) is 0 Å². The van der Waals surface area contributed by atoms with Gasteiger partial charge in [0.15, 0.2) is 5.96 Å². The molecule has 3 rings (SSSR count). The number of aliphatic imine (C=N–C) groups is 1. The molecule has 1 atom stereocenters. The molecule has 30 heavy (non-hydrogen) atoms. The highest BCUT2D eigenvalue weighted by molar-refractivity contribution is 14.0. The monoisotopic (exact) mass is 531 g/mol. The Hall–Kier alpha value is -1.85. The van der Waals surface area contributed by atoms with Crippen molar-refractivity contribution in [1.82, 2.24) is 24.9 Å². The number of likely N-dealkylation sites (tertiary alicyclic amines) is 1. The van der Waals surface area contributed by atoms with Crippen molar-refractivity contribution in [3.63, 3.8) is 0 Å². The van der Waals surface area contributed by atoms with Crippen LogP contribution in [0.2, 0.25) is 0 Å². The number of piperidine rings is 1. The van der Waals surface area contributed by atoms with Gasteiger partial charge in [0.2, 0.25) is 11.8 Å². The molecule has 168 valence electrons. The highest BCUT2D eigenvalue weighted by Crippen LogP contribution is 2.17. The molecule has 2 amide bonds. The number of hydrogen-bond acceptors (Lipinski definition) is 4. The summed E-state index contributed by atoms with van der Waals surface area (Å²) >= 11 is 0. The molecule has 1 aromatic heterocycles. The molecular formula is C20H34IN7O2. The molecule has 1 N–H and O–H groups in total. The normalized spacial score (nSPS) is 20.2. The number of nitrogens with zero attached hydrogens (tertiary/aromatic N) is 6. The molecule has 0 radical (unpaired) electrons. The van der Waals surface area contributed by atoms with Crippen LogP contribution < -0.4 is 10.2 Å². The summed E-state index contributed by atoms with van der Waals surface area (Å²) in [6, 6.07) is 0. The van der Waals surface area contributed by atoms with Crippen molar-refractivity contribution in [3.05, 3.63) is 12.4 Å². The van der Waals surface area contributed by atoms with Gasteiger partial charge in [0.25, 0.3) is 0 Å². The number of aromatic nitrogens is 2. The predicted octanol–water partition coefficient (Wildman–Crippen LogP) is 1.30. The minimum Gasteiger partial charge on any atom is -0.357 e. The van der Waals surface area contributed by atoms with E-state index < -0.39 is 0 Å². The zero-order valence-corrected chi connectivity index (χ0v) is 20.5. The zero-order valence-electron chi connectivity index (χ0n) is 18.2. The molecule has 2 aliphatic rings. The molecule has 2 saturated heterocycles. The molecule has 1 unspecified atom stereocenters. The van der Waals surface area contributed by atoms with Crippen molar-refractivity contribution < 1.29 is 9.59 Å². The lowest BCUT2D eigenvalue weighted by atomic mass is 10.00. The van der Waals surface area contributed by atoms with E-state index in [-0.39, 0.29) is 42.3 Å². The average Bonchev–Trinajstić information content (AvgIpc) is 3.13. The third kappa shape index (κ3) is 6.32. The van der Waals surface area contributed by atoms with Crippen LogP contribution in [0.25, 0.3) is 0 Å². The van der Waals surface area contributed by atoms with Crippen LogP contribution in [0.15, 0.2) is 17.4 Å². The van der Waals surface area contributed by atoms with Crippen LogP contribution in [0.5, 0.6) is 0 Å². The number of guanidine groups is 1. The van der Waals surface area contributed by atoms with Crippen LogP contribution in [0, 0.1) is 5.92 Å². The maximum Gasteiger partial charge on any atom is 0.246 e. The number of nitrogens with one attached hydrogen (secondary N) is 1. The number of amides is 2. The van der Waals surface area contributed by atoms with E-state index in [1.165, 1.54) is 6.42 Å². The van der Waals surface area contributed by atoms with Crippen molar-refractivity contribution in [2.75, 3.05) is 50.7 Å². The van der Waals surface area contributed by atoms with E-state index in [2.05, 4.69) is 22.3 Å². The molecule has 0 aliphatic carbocycles. The number of piperazine rings is 1. The Labute approximate surface area is 195 Å². The molecule has 2 fully saturated rings. The fourth-order valence-corrected chi connectivity index (χ4v) is 3.93. The van der Waals surface area contributed by atoms with Crippen molar-refractivity contribution in [2.45, 2.75) is 33.1 Å². The minimum absolute atomic E-state index is 0. The lowest BCUT2D eigenvalue weighted by Gasteiger charge is -2.35. The summed E-state index contributed by atoms with van der Waals surface area (Å²) in [6.07, 6.45) is 6.25. The van der Waals surface area contributed by atoms with Crippen LogP contribution >= 0.6 is 24.0 Å². The van der Waals surface area contributed by atoms with Gasteiger partial charge in [0.05, 0.1) is 18.4 Å². The van der Waals surface area contributed by atoms with Crippen LogP contribution in [0.3, 0.4) is 0 Å².